The van der Waals surface area contributed by atoms with Crippen LogP contribution >= 0.6 is 11.6 Å². The average molecular weight is 351 g/mol. The number of pyridine rings is 1. The second-order valence-corrected chi connectivity index (χ2v) is 6.08. The van der Waals surface area contributed by atoms with Crippen LogP contribution in [0.1, 0.15) is 16.1 Å². The fraction of sp³-hybridized carbons (Fsp3) is 0.0526. The van der Waals surface area contributed by atoms with Crippen LogP contribution in [0.25, 0.3) is 11.3 Å². The predicted molar refractivity (Wildman–Crippen MR) is 97.1 cm³/mol. The van der Waals surface area contributed by atoms with Gasteiger partial charge < -0.3 is 9.72 Å². The largest absolute Gasteiger partial charge is 0.347 e. The molecule has 0 bridgehead atoms. The van der Waals surface area contributed by atoms with Gasteiger partial charge in [0.2, 0.25) is 0 Å². The molecule has 25 heavy (non-hydrogen) atoms. The first-order valence-electron chi connectivity index (χ1n) is 7.85. The molecule has 3 aromatic heterocycles. The van der Waals surface area contributed by atoms with Crippen molar-refractivity contribution in [1.82, 2.24) is 19.5 Å². The fourth-order valence-electron chi connectivity index (χ4n) is 2.68. The first-order valence-corrected chi connectivity index (χ1v) is 8.23. The zero-order valence-corrected chi connectivity index (χ0v) is 14.0. The molecule has 0 aliphatic carbocycles. The van der Waals surface area contributed by atoms with Gasteiger partial charge in [-0.25, -0.2) is 4.68 Å². The van der Waals surface area contributed by atoms with Crippen LogP contribution in [0.2, 0.25) is 5.02 Å². The lowest BCUT2D eigenvalue weighted by Crippen LogP contribution is -2.23. The van der Waals surface area contributed by atoms with E-state index in [4.69, 9.17) is 11.6 Å². The quantitative estimate of drug-likeness (QED) is 0.610. The molecule has 0 unspecified atom stereocenters. The van der Waals surface area contributed by atoms with Crippen molar-refractivity contribution in [3.63, 3.8) is 0 Å². The van der Waals surface area contributed by atoms with Crippen LogP contribution in [-0.4, -0.2) is 20.1 Å². The van der Waals surface area contributed by atoms with Gasteiger partial charge in [-0.05, 0) is 48.0 Å². The highest BCUT2D eigenvalue weighted by atomic mass is 35.5. The zero-order valence-electron chi connectivity index (χ0n) is 13.3. The molecule has 4 rings (SSSR count). The molecule has 1 aromatic carbocycles. The van der Waals surface area contributed by atoms with E-state index in [0.29, 0.717) is 17.3 Å². The highest BCUT2D eigenvalue weighted by Gasteiger charge is 2.11. The summed E-state index contributed by atoms with van der Waals surface area (Å²) in [6.45, 7) is 0.427. The summed E-state index contributed by atoms with van der Waals surface area (Å²) in [6, 6.07) is 19.0. The van der Waals surface area contributed by atoms with Crippen LogP contribution in [0.5, 0.6) is 0 Å². The van der Waals surface area contributed by atoms with Crippen molar-refractivity contribution in [3.8, 4) is 5.82 Å². The van der Waals surface area contributed by atoms with E-state index in [9.17, 15) is 4.79 Å². The molecule has 0 aliphatic rings. The van der Waals surface area contributed by atoms with Crippen molar-refractivity contribution in [2.45, 2.75) is 6.54 Å². The van der Waals surface area contributed by atoms with Crippen LogP contribution in [-0.2, 0) is 6.54 Å². The maximum absolute atomic E-state index is 12.3. The van der Waals surface area contributed by atoms with Crippen molar-refractivity contribution in [1.29, 1.82) is 0 Å². The summed E-state index contributed by atoms with van der Waals surface area (Å²) in [4.78, 5) is 12.3. The van der Waals surface area contributed by atoms with E-state index >= 15 is 0 Å². The third kappa shape index (κ3) is 3.14. The van der Waals surface area contributed by atoms with E-state index in [1.165, 1.54) is 0 Å². The normalized spacial score (nSPS) is 10.9. The Kier molecular flexibility index (Phi) is 3.99. The van der Waals surface area contributed by atoms with Crippen LogP contribution < -0.4 is 5.32 Å². The van der Waals surface area contributed by atoms with E-state index in [-0.39, 0.29) is 5.91 Å². The lowest BCUT2D eigenvalue weighted by atomic mass is 10.2. The summed E-state index contributed by atoms with van der Waals surface area (Å²) < 4.78 is 3.71. The number of carbonyl (C=O) groups excluding carboxylic acids is 1. The summed E-state index contributed by atoms with van der Waals surface area (Å²) in [5.41, 5.74) is 2.43. The van der Waals surface area contributed by atoms with E-state index in [1.807, 2.05) is 53.1 Å². The SMILES string of the molecule is O=C(NCc1ccc(Cl)cc1)c1ccn(-c2ccc3ccccn23)n1. The van der Waals surface area contributed by atoms with E-state index in [2.05, 4.69) is 10.4 Å². The summed E-state index contributed by atoms with van der Waals surface area (Å²) in [5.74, 6) is 0.668. The van der Waals surface area contributed by atoms with Gasteiger partial charge in [-0.3, -0.25) is 4.79 Å². The number of rotatable bonds is 4. The number of fused-ring (bicyclic) bond motifs is 1. The number of hydrogen-bond donors (Lipinski definition) is 1. The lowest BCUT2D eigenvalue weighted by molar-refractivity contribution is 0.0945. The fourth-order valence-corrected chi connectivity index (χ4v) is 2.80. The Hall–Kier alpha value is -3.05. The topological polar surface area (TPSA) is 51.3 Å². The number of aromatic nitrogens is 3. The van der Waals surface area contributed by atoms with Gasteiger partial charge in [0.25, 0.3) is 5.91 Å². The molecule has 0 fully saturated rings. The van der Waals surface area contributed by atoms with Crippen LogP contribution in [0.3, 0.4) is 0 Å². The predicted octanol–water partition coefficient (Wildman–Crippen LogP) is 3.71. The minimum Gasteiger partial charge on any atom is -0.347 e. The molecular formula is C19H15ClN4O. The molecule has 1 N–H and O–H groups in total. The molecule has 3 heterocycles. The number of carbonyl (C=O) groups is 1. The Morgan fingerprint density at radius 1 is 1.00 bits per heavy atom. The molecule has 0 saturated carbocycles. The van der Waals surface area contributed by atoms with Gasteiger partial charge in [-0.15, -0.1) is 0 Å². The summed E-state index contributed by atoms with van der Waals surface area (Å²) in [7, 11) is 0. The van der Waals surface area contributed by atoms with Crippen molar-refractivity contribution in [2.24, 2.45) is 0 Å². The maximum Gasteiger partial charge on any atom is 0.272 e. The van der Waals surface area contributed by atoms with Gasteiger partial charge in [0.05, 0.1) is 0 Å². The standard InChI is InChI=1S/C19H15ClN4O/c20-15-6-4-14(5-7-15)13-21-19(25)17-10-12-24(22-17)18-9-8-16-3-1-2-11-23(16)18/h1-12H,13H2,(H,21,25). The van der Waals surface area contributed by atoms with Gasteiger partial charge >= 0.3 is 0 Å². The van der Waals surface area contributed by atoms with Gasteiger partial charge in [0.1, 0.15) is 5.82 Å². The molecule has 4 aromatic rings. The third-order valence-electron chi connectivity index (χ3n) is 3.96. The highest BCUT2D eigenvalue weighted by Crippen LogP contribution is 2.14. The molecule has 5 nitrogen and oxygen atoms in total. The average Bonchev–Trinajstić information content (AvgIpc) is 3.27. The Balaban J connectivity index is 1.50. The first-order chi connectivity index (χ1) is 12.2. The number of hydrogen-bond acceptors (Lipinski definition) is 2. The van der Waals surface area contributed by atoms with Gasteiger partial charge in [-0.2, -0.15) is 5.10 Å². The number of nitrogens with zero attached hydrogens (tertiary/aromatic N) is 3. The van der Waals surface area contributed by atoms with Crippen molar-refractivity contribution in [3.05, 3.63) is 89.3 Å². The van der Waals surface area contributed by atoms with E-state index < -0.39 is 0 Å². The Morgan fingerprint density at radius 2 is 1.84 bits per heavy atom. The number of benzene rings is 1. The molecule has 0 atom stereocenters. The highest BCUT2D eigenvalue weighted by molar-refractivity contribution is 6.30. The molecule has 0 spiro atoms. The van der Waals surface area contributed by atoms with Crippen molar-refractivity contribution < 1.29 is 4.79 Å². The molecule has 1 amide bonds. The lowest BCUT2D eigenvalue weighted by Gasteiger charge is -2.04. The molecule has 0 saturated heterocycles. The maximum atomic E-state index is 12.3. The van der Waals surface area contributed by atoms with Crippen molar-refractivity contribution in [2.75, 3.05) is 0 Å². The van der Waals surface area contributed by atoms with Crippen LogP contribution in [0.4, 0.5) is 0 Å². The number of amides is 1. The number of halogens is 1. The van der Waals surface area contributed by atoms with Gasteiger partial charge in [0.15, 0.2) is 5.69 Å². The zero-order chi connectivity index (χ0) is 17.2. The second-order valence-electron chi connectivity index (χ2n) is 5.64. The van der Waals surface area contributed by atoms with E-state index in [0.717, 1.165) is 16.9 Å². The Morgan fingerprint density at radius 3 is 2.68 bits per heavy atom. The van der Waals surface area contributed by atoms with Crippen molar-refractivity contribution >= 4 is 23.0 Å². The minimum absolute atomic E-state index is 0.213. The number of nitrogens with one attached hydrogen (secondary N) is 1. The Labute approximate surface area is 149 Å². The van der Waals surface area contributed by atoms with E-state index in [1.54, 1.807) is 29.1 Å². The molecular weight excluding hydrogens is 336 g/mol. The molecule has 0 radical (unpaired) electrons. The molecule has 0 aliphatic heterocycles. The summed E-state index contributed by atoms with van der Waals surface area (Å²) in [6.07, 6.45) is 3.75. The summed E-state index contributed by atoms with van der Waals surface area (Å²) >= 11 is 5.86. The smallest absolute Gasteiger partial charge is 0.272 e. The Bertz CT molecular complexity index is 1030. The first kappa shape index (κ1) is 15.5. The monoisotopic (exact) mass is 350 g/mol. The third-order valence-corrected chi connectivity index (χ3v) is 4.22. The minimum atomic E-state index is -0.213. The molecule has 6 heteroatoms. The second kappa shape index (κ2) is 6.45. The van der Waals surface area contributed by atoms with Gasteiger partial charge in [0, 0.05) is 29.5 Å². The van der Waals surface area contributed by atoms with Gasteiger partial charge in [-0.1, -0.05) is 29.8 Å². The summed E-state index contributed by atoms with van der Waals surface area (Å²) in [5, 5.41) is 7.93. The van der Waals surface area contributed by atoms with Crippen LogP contribution in [0.15, 0.2) is 73.1 Å². The van der Waals surface area contributed by atoms with Crippen LogP contribution in [0, 0.1) is 0 Å². The molecule has 124 valence electrons.